The van der Waals surface area contributed by atoms with Crippen molar-refractivity contribution in [3.05, 3.63) is 17.7 Å². The molecule has 1 aliphatic rings. The zero-order valence-electron chi connectivity index (χ0n) is 12.4. The summed E-state index contributed by atoms with van der Waals surface area (Å²) < 4.78 is 5.66. The van der Waals surface area contributed by atoms with Gasteiger partial charge in [0, 0.05) is 25.3 Å². The van der Waals surface area contributed by atoms with Crippen molar-refractivity contribution in [3.63, 3.8) is 0 Å². The van der Waals surface area contributed by atoms with Crippen molar-refractivity contribution in [3.8, 4) is 0 Å². The van der Waals surface area contributed by atoms with E-state index in [0.717, 1.165) is 23.4 Å². The Kier molecular flexibility index (Phi) is 4.18. The number of fused-ring (bicyclic) bond motifs is 1. The molecule has 2 rings (SSSR count). The number of carbonyl (C=O) groups is 1. The van der Waals surface area contributed by atoms with Gasteiger partial charge in [-0.05, 0) is 44.9 Å². The van der Waals surface area contributed by atoms with Crippen LogP contribution in [0.4, 0.5) is 17.1 Å². The van der Waals surface area contributed by atoms with Gasteiger partial charge in [0.25, 0.3) is 0 Å². The fourth-order valence-electron chi connectivity index (χ4n) is 2.35. The van der Waals surface area contributed by atoms with Crippen LogP contribution in [0.2, 0.25) is 0 Å². The minimum absolute atomic E-state index is 0.0510. The van der Waals surface area contributed by atoms with Gasteiger partial charge in [-0.1, -0.05) is 0 Å². The number of carbonyl (C=O) groups excluding carboxylic acids is 1. The van der Waals surface area contributed by atoms with Crippen LogP contribution in [-0.2, 0) is 16.0 Å². The average molecular weight is 277 g/mol. The van der Waals surface area contributed by atoms with E-state index in [9.17, 15) is 4.79 Å². The first-order valence-corrected chi connectivity index (χ1v) is 7.01. The van der Waals surface area contributed by atoms with Gasteiger partial charge in [0.15, 0.2) is 0 Å². The van der Waals surface area contributed by atoms with Crippen LogP contribution in [-0.4, -0.2) is 24.7 Å². The summed E-state index contributed by atoms with van der Waals surface area (Å²) in [5.74, 6) is 0.0510. The minimum atomic E-state index is -0.245. The number of nitrogens with two attached hydrogens (primary N) is 1. The fourth-order valence-corrected chi connectivity index (χ4v) is 2.35. The van der Waals surface area contributed by atoms with Crippen LogP contribution in [0.15, 0.2) is 12.1 Å². The lowest BCUT2D eigenvalue weighted by molar-refractivity contribution is -0.116. The molecule has 1 heterocycles. The number of aryl methyl sites for hydroxylation is 1. The van der Waals surface area contributed by atoms with Gasteiger partial charge in [0.05, 0.1) is 17.0 Å². The zero-order valence-corrected chi connectivity index (χ0v) is 12.4. The maximum absolute atomic E-state index is 11.4. The van der Waals surface area contributed by atoms with E-state index in [-0.39, 0.29) is 11.5 Å². The van der Waals surface area contributed by atoms with Gasteiger partial charge in [-0.3, -0.25) is 4.79 Å². The highest BCUT2D eigenvalue weighted by atomic mass is 16.5. The van der Waals surface area contributed by atoms with E-state index in [2.05, 4.69) is 10.6 Å². The molecule has 5 heteroatoms. The molecule has 0 saturated carbocycles. The lowest BCUT2D eigenvalue weighted by Gasteiger charge is -2.26. The highest BCUT2D eigenvalue weighted by molar-refractivity contribution is 5.95. The van der Waals surface area contributed by atoms with Gasteiger partial charge in [0.1, 0.15) is 0 Å². The number of anilines is 3. The molecule has 1 aromatic carbocycles. The SMILES string of the molecule is CCOC(C)(C)CNc1cc2c(cc1N)NC(=O)CC2. The van der Waals surface area contributed by atoms with Crippen LogP contribution in [0, 0.1) is 0 Å². The molecular formula is C15H23N3O2. The highest BCUT2D eigenvalue weighted by Crippen LogP contribution is 2.31. The number of hydrogen-bond donors (Lipinski definition) is 3. The monoisotopic (exact) mass is 277 g/mol. The summed E-state index contributed by atoms with van der Waals surface area (Å²) in [5.41, 5.74) is 9.28. The molecule has 0 aliphatic carbocycles. The van der Waals surface area contributed by atoms with Crippen LogP contribution in [0.5, 0.6) is 0 Å². The lowest BCUT2D eigenvalue weighted by atomic mass is 10.0. The van der Waals surface area contributed by atoms with Crippen molar-refractivity contribution in [2.24, 2.45) is 0 Å². The quantitative estimate of drug-likeness (QED) is 0.722. The van der Waals surface area contributed by atoms with Crippen molar-refractivity contribution in [2.75, 3.05) is 29.5 Å². The maximum atomic E-state index is 11.4. The van der Waals surface area contributed by atoms with Gasteiger partial charge in [-0.25, -0.2) is 0 Å². The summed E-state index contributed by atoms with van der Waals surface area (Å²) in [6, 6.07) is 3.84. The van der Waals surface area contributed by atoms with Gasteiger partial charge >= 0.3 is 0 Å². The normalized spacial score (nSPS) is 14.7. The lowest BCUT2D eigenvalue weighted by Crippen LogP contribution is -2.33. The number of nitrogen functional groups attached to an aromatic ring is 1. The van der Waals surface area contributed by atoms with Crippen molar-refractivity contribution in [1.82, 2.24) is 0 Å². The number of ether oxygens (including phenoxy) is 1. The molecule has 0 unspecified atom stereocenters. The molecule has 1 amide bonds. The Morgan fingerprint density at radius 2 is 2.15 bits per heavy atom. The molecule has 1 aliphatic heterocycles. The van der Waals surface area contributed by atoms with E-state index >= 15 is 0 Å². The third-order valence-corrected chi connectivity index (χ3v) is 3.41. The van der Waals surface area contributed by atoms with E-state index in [4.69, 9.17) is 10.5 Å². The van der Waals surface area contributed by atoms with Crippen molar-refractivity contribution in [1.29, 1.82) is 0 Å². The van der Waals surface area contributed by atoms with Crippen LogP contribution in [0.1, 0.15) is 32.8 Å². The summed E-state index contributed by atoms with van der Waals surface area (Å²) in [5, 5.41) is 6.19. The Morgan fingerprint density at radius 1 is 1.40 bits per heavy atom. The number of nitrogens with one attached hydrogen (secondary N) is 2. The van der Waals surface area contributed by atoms with E-state index in [0.29, 0.717) is 25.3 Å². The van der Waals surface area contributed by atoms with E-state index in [1.54, 1.807) is 0 Å². The summed E-state index contributed by atoms with van der Waals surface area (Å²) >= 11 is 0. The molecule has 0 radical (unpaired) electrons. The largest absolute Gasteiger partial charge is 0.397 e. The number of hydrogen-bond acceptors (Lipinski definition) is 4. The topological polar surface area (TPSA) is 76.4 Å². The minimum Gasteiger partial charge on any atom is -0.397 e. The average Bonchev–Trinajstić information content (AvgIpc) is 2.36. The zero-order chi connectivity index (χ0) is 14.8. The highest BCUT2D eigenvalue weighted by Gasteiger charge is 2.20. The Labute approximate surface area is 119 Å². The van der Waals surface area contributed by atoms with E-state index in [1.807, 2.05) is 32.9 Å². The predicted molar refractivity (Wildman–Crippen MR) is 82.0 cm³/mol. The molecule has 0 spiro atoms. The Bertz CT molecular complexity index is 512. The molecule has 5 nitrogen and oxygen atoms in total. The Balaban J connectivity index is 2.11. The second kappa shape index (κ2) is 5.71. The van der Waals surface area contributed by atoms with Gasteiger partial charge < -0.3 is 21.1 Å². The van der Waals surface area contributed by atoms with Crippen LogP contribution < -0.4 is 16.4 Å². The van der Waals surface area contributed by atoms with Gasteiger partial charge in [-0.15, -0.1) is 0 Å². The number of rotatable bonds is 5. The Morgan fingerprint density at radius 3 is 2.85 bits per heavy atom. The predicted octanol–water partition coefficient (Wildman–Crippen LogP) is 2.38. The van der Waals surface area contributed by atoms with Gasteiger partial charge in [-0.2, -0.15) is 0 Å². The van der Waals surface area contributed by atoms with Gasteiger partial charge in [0.2, 0.25) is 5.91 Å². The first kappa shape index (κ1) is 14.7. The second-order valence-corrected chi connectivity index (χ2v) is 5.69. The van der Waals surface area contributed by atoms with Crippen molar-refractivity contribution < 1.29 is 9.53 Å². The summed E-state index contributed by atoms with van der Waals surface area (Å²) in [6.45, 7) is 7.42. The third-order valence-electron chi connectivity index (χ3n) is 3.41. The van der Waals surface area contributed by atoms with Crippen LogP contribution in [0.3, 0.4) is 0 Å². The molecule has 20 heavy (non-hydrogen) atoms. The molecule has 0 bridgehead atoms. The third kappa shape index (κ3) is 3.42. The Hall–Kier alpha value is -1.75. The molecule has 0 fully saturated rings. The maximum Gasteiger partial charge on any atom is 0.224 e. The van der Waals surface area contributed by atoms with Crippen LogP contribution >= 0.6 is 0 Å². The van der Waals surface area contributed by atoms with E-state index < -0.39 is 0 Å². The molecule has 0 atom stereocenters. The fraction of sp³-hybridized carbons (Fsp3) is 0.533. The van der Waals surface area contributed by atoms with E-state index in [1.165, 1.54) is 0 Å². The van der Waals surface area contributed by atoms with Crippen LogP contribution in [0.25, 0.3) is 0 Å². The molecule has 0 saturated heterocycles. The standard InChI is InChI=1S/C15H23N3O2/c1-4-20-15(2,3)9-17-13-7-10-5-6-14(19)18-12(10)8-11(13)16/h7-8,17H,4-6,9,16H2,1-3H3,(H,18,19). The molecule has 0 aromatic heterocycles. The summed E-state index contributed by atoms with van der Waals surface area (Å²) in [6.07, 6.45) is 1.28. The summed E-state index contributed by atoms with van der Waals surface area (Å²) in [4.78, 5) is 11.4. The first-order valence-electron chi connectivity index (χ1n) is 7.01. The molecular weight excluding hydrogens is 254 g/mol. The number of amides is 1. The molecule has 1 aromatic rings. The smallest absolute Gasteiger partial charge is 0.224 e. The first-order chi connectivity index (χ1) is 9.41. The molecule has 4 N–H and O–H groups in total. The van der Waals surface area contributed by atoms with Crippen molar-refractivity contribution in [2.45, 2.75) is 39.2 Å². The second-order valence-electron chi connectivity index (χ2n) is 5.69. The molecule has 110 valence electrons. The number of benzene rings is 1. The van der Waals surface area contributed by atoms with Crippen molar-refractivity contribution >= 4 is 23.0 Å². The summed E-state index contributed by atoms with van der Waals surface area (Å²) in [7, 11) is 0.